The Hall–Kier alpha value is -1.80. The van der Waals surface area contributed by atoms with Gasteiger partial charge in [-0.3, -0.25) is 4.79 Å². The van der Waals surface area contributed by atoms with Crippen LogP contribution >= 0.6 is 11.6 Å². The van der Waals surface area contributed by atoms with Gasteiger partial charge in [-0.05, 0) is 36.1 Å². The summed E-state index contributed by atoms with van der Waals surface area (Å²) in [5.74, 6) is 0.944. The van der Waals surface area contributed by atoms with Crippen molar-refractivity contribution >= 4 is 17.4 Å². The molecule has 1 saturated carbocycles. The van der Waals surface area contributed by atoms with Crippen LogP contribution in [-0.2, 0) is 4.79 Å². The molecular weight excluding hydrogens is 284 g/mol. The Morgan fingerprint density at radius 3 is 2.57 bits per heavy atom. The number of hydrogen-bond donors (Lipinski definition) is 0. The minimum atomic E-state index is -0.0358. The van der Waals surface area contributed by atoms with Gasteiger partial charge in [0.05, 0.1) is 5.02 Å². The second-order valence-electron chi connectivity index (χ2n) is 5.39. The molecule has 0 aromatic heterocycles. The number of halogens is 1. The molecule has 1 unspecified atom stereocenters. The van der Waals surface area contributed by atoms with Crippen LogP contribution in [0.5, 0.6) is 5.75 Å². The summed E-state index contributed by atoms with van der Waals surface area (Å²) < 4.78 is 5.89. The van der Waals surface area contributed by atoms with Crippen LogP contribution in [0.3, 0.4) is 0 Å². The fourth-order valence-corrected chi connectivity index (χ4v) is 2.90. The zero-order valence-corrected chi connectivity index (χ0v) is 12.5. The van der Waals surface area contributed by atoms with E-state index in [4.69, 9.17) is 16.3 Å². The van der Waals surface area contributed by atoms with E-state index in [-0.39, 0.29) is 11.9 Å². The molecule has 3 rings (SSSR count). The third kappa shape index (κ3) is 3.45. The van der Waals surface area contributed by atoms with E-state index in [9.17, 15) is 4.79 Å². The van der Waals surface area contributed by atoms with Gasteiger partial charge in [0.15, 0.2) is 0 Å². The minimum Gasteiger partial charge on any atom is -0.488 e. The quantitative estimate of drug-likeness (QED) is 0.806. The molecule has 0 amide bonds. The van der Waals surface area contributed by atoms with Crippen LogP contribution < -0.4 is 4.74 Å². The highest BCUT2D eigenvalue weighted by molar-refractivity contribution is 6.32. The summed E-state index contributed by atoms with van der Waals surface area (Å²) >= 11 is 6.32. The van der Waals surface area contributed by atoms with E-state index >= 15 is 0 Å². The van der Waals surface area contributed by atoms with E-state index in [0.29, 0.717) is 23.6 Å². The van der Waals surface area contributed by atoms with Gasteiger partial charge in [-0.15, -0.1) is 0 Å². The fourth-order valence-electron chi connectivity index (χ4n) is 2.67. The van der Waals surface area contributed by atoms with Crippen molar-refractivity contribution in [2.75, 3.05) is 0 Å². The number of carbonyl (C=O) groups is 1. The van der Waals surface area contributed by atoms with Crippen LogP contribution in [0.4, 0.5) is 0 Å². The largest absolute Gasteiger partial charge is 0.488 e. The molecule has 0 heterocycles. The lowest BCUT2D eigenvalue weighted by molar-refractivity contribution is -0.122. The maximum Gasteiger partial charge on any atom is 0.138 e. The Balaban J connectivity index is 1.77. The SMILES string of the molecule is O=C1CCCC(Oc2ccc(-c3ccccc3)cc2Cl)C1. The van der Waals surface area contributed by atoms with Gasteiger partial charge in [-0.25, -0.2) is 0 Å². The maximum absolute atomic E-state index is 11.5. The van der Waals surface area contributed by atoms with Crippen molar-refractivity contribution < 1.29 is 9.53 Å². The first-order valence-corrected chi connectivity index (χ1v) is 7.63. The molecule has 1 aliphatic rings. The molecule has 0 radical (unpaired) electrons. The van der Waals surface area contributed by atoms with Gasteiger partial charge in [-0.2, -0.15) is 0 Å². The molecular formula is C18H17ClO2. The lowest BCUT2D eigenvalue weighted by atomic mass is 9.96. The molecule has 2 aromatic carbocycles. The van der Waals surface area contributed by atoms with E-state index in [0.717, 1.165) is 24.0 Å². The summed E-state index contributed by atoms with van der Waals surface area (Å²) in [5, 5.41) is 0.592. The van der Waals surface area contributed by atoms with E-state index in [1.54, 1.807) is 0 Å². The number of ether oxygens (including phenoxy) is 1. The average Bonchev–Trinajstić information content (AvgIpc) is 2.50. The van der Waals surface area contributed by atoms with Crippen LogP contribution in [0.1, 0.15) is 25.7 Å². The summed E-state index contributed by atoms with van der Waals surface area (Å²) in [6.07, 6.45) is 2.97. The van der Waals surface area contributed by atoms with Crippen molar-refractivity contribution in [1.29, 1.82) is 0 Å². The molecule has 0 bridgehead atoms. The summed E-state index contributed by atoms with van der Waals surface area (Å²) in [6, 6.07) is 15.9. The number of rotatable bonds is 3. The Morgan fingerprint density at radius 1 is 1.05 bits per heavy atom. The first kappa shape index (κ1) is 14.2. The minimum absolute atomic E-state index is 0.0358. The van der Waals surface area contributed by atoms with Gasteiger partial charge >= 0.3 is 0 Å². The van der Waals surface area contributed by atoms with Crippen molar-refractivity contribution in [2.24, 2.45) is 0 Å². The zero-order chi connectivity index (χ0) is 14.7. The van der Waals surface area contributed by atoms with Crippen LogP contribution in [0.15, 0.2) is 48.5 Å². The number of carbonyl (C=O) groups excluding carboxylic acids is 1. The van der Waals surface area contributed by atoms with E-state index in [1.165, 1.54) is 0 Å². The first-order chi connectivity index (χ1) is 10.2. The maximum atomic E-state index is 11.5. The smallest absolute Gasteiger partial charge is 0.138 e. The topological polar surface area (TPSA) is 26.3 Å². The highest BCUT2D eigenvalue weighted by Crippen LogP contribution is 2.32. The molecule has 2 aromatic rings. The highest BCUT2D eigenvalue weighted by Gasteiger charge is 2.21. The van der Waals surface area contributed by atoms with Gasteiger partial charge in [0.25, 0.3) is 0 Å². The lowest BCUT2D eigenvalue weighted by Gasteiger charge is -2.23. The van der Waals surface area contributed by atoms with Crippen molar-refractivity contribution in [3.05, 3.63) is 53.6 Å². The molecule has 2 nitrogen and oxygen atoms in total. The molecule has 3 heteroatoms. The molecule has 0 spiro atoms. The molecule has 0 saturated heterocycles. The van der Waals surface area contributed by atoms with Crippen LogP contribution in [0.25, 0.3) is 11.1 Å². The Kier molecular flexibility index (Phi) is 4.26. The molecule has 108 valence electrons. The van der Waals surface area contributed by atoms with Gasteiger partial charge in [0.1, 0.15) is 17.6 Å². The summed E-state index contributed by atoms with van der Waals surface area (Å²) in [4.78, 5) is 11.5. The van der Waals surface area contributed by atoms with E-state index in [1.807, 2.05) is 48.5 Å². The molecule has 0 aliphatic heterocycles. The zero-order valence-electron chi connectivity index (χ0n) is 11.7. The van der Waals surface area contributed by atoms with Gasteiger partial charge in [0.2, 0.25) is 0 Å². The van der Waals surface area contributed by atoms with Crippen LogP contribution in [0, 0.1) is 0 Å². The second-order valence-corrected chi connectivity index (χ2v) is 5.79. The van der Waals surface area contributed by atoms with Gasteiger partial charge in [-0.1, -0.05) is 48.0 Å². The predicted molar refractivity (Wildman–Crippen MR) is 84.8 cm³/mol. The van der Waals surface area contributed by atoms with Crippen LogP contribution in [-0.4, -0.2) is 11.9 Å². The van der Waals surface area contributed by atoms with Crippen molar-refractivity contribution in [2.45, 2.75) is 31.8 Å². The Bertz CT molecular complexity index is 637. The lowest BCUT2D eigenvalue weighted by Crippen LogP contribution is -2.25. The Labute approximate surface area is 129 Å². The monoisotopic (exact) mass is 300 g/mol. The molecule has 1 atom stereocenters. The van der Waals surface area contributed by atoms with Crippen molar-refractivity contribution in [1.82, 2.24) is 0 Å². The molecule has 0 N–H and O–H groups in total. The van der Waals surface area contributed by atoms with Gasteiger partial charge in [0, 0.05) is 12.8 Å². The number of benzene rings is 2. The second kappa shape index (κ2) is 6.31. The fraction of sp³-hybridized carbons (Fsp3) is 0.278. The van der Waals surface area contributed by atoms with E-state index in [2.05, 4.69) is 0 Å². The van der Waals surface area contributed by atoms with Crippen molar-refractivity contribution in [3.63, 3.8) is 0 Å². The molecule has 1 aliphatic carbocycles. The average molecular weight is 301 g/mol. The molecule has 21 heavy (non-hydrogen) atoms. The van der Waals surface area contributed by atoms with Gasteiger partial charge < -0.3 is 4.74 Å². The highest BCUT2D eigenvalue weighted by atomic mass is 35.5. The number of Topliss-reactive ketones (excluding diaryl/α,β-unsaturated/α-hetero) is 1. The van der Waals surface area contributed by atoms with Crippen molar-refractivity contribution in [3.8, 4) is 16.9 Å². The third-order valence-corrected chi connectivity index (χ3v) is 4.07. The van der Waals surface area contributed by atoms with E-state index < -0.39 is 0 Å². The van der Waals surface area contributed by atoms with Crippen LogP contribution in [0.2, 0.25) is 5.02 Å². The summed E-state index contributed by atoms with van der Waals surface area (Å²) in [5.41, 5.74) is 2.19. The third-order valence-electron chi connectivity index (χ3n) is 3.77. The number of ketones is 1. The summed E-state index contributed by atoms with van der Waals surface area (Å²) in [6.45, 7) is 0. The molecule has 1 fully saturated rings. The summed E-state index contributed by atoms with van der Waals surface area (Å²) in [7, 11) is 0. The first-order valence-electron chi connectivity index (χ1n) is 7.26. The Morgan fingerprint density at radius 2 is 1.86 bits per heavy atom. The standard InChI is InChI=1S/C18H17ClO2/c19-17-11-14(13-5-2-1-3-6-13)9-10-18(17)21-16-8-4-7-15(20)12-16/h1-3,5-6,9-11,16H,4,7-8,12H2. The normalized spacial score (nSPS) is 18.5. The number of hydrogen-bond acceptors (Lipinski definition) is 2. The predicted octanol–water partition coefficient (Wildman–Crippen LogP) is 4.90.